The quantitative estimate of drug-likeness (QED) is 0.276. The molecule has 176 valence electrons. The normalized spacial score (nSPS) is 18.6. The van der Waals surface area contributed by atoms with Crippen LogP contribution in [-0.2, 0) is 6.42 Å². The lowest BCUT2D eigenvalue weighted by Crippen LogP contribution is -2.16. The van der Waals surface area contributed by atoms with Crippen LogP contribution < -0.4 is 4.74 Å². The van der Waals surface area contributed by atoms with Gasteiger partial charge in [0.1, 0.15) is 5.75 Å². The van der Waals surface area contributed by atoms with Gasteiger partial charge in [0.2, 0.25) is 0 Å². The first-order chi connectivity index (χ1) is 15.8. The molecule has 2 aromatic rings. The topological polar surface area (TPSA) is 22.1 Å². The smallest absolute Gasteiger partial charge is 0.137 e. The highest BCUT2D eigenvalue weighted by atomic mass is 16.5. The SMILES string of the molecule is CCCCCCOc1ccc(-c2ccc(CCC3CCCC(CCCCC)C3)cc2)nc1. The predicted molar refractivity (Wildman–Crippen MR) is 137 cm³/mol. The first-order valence-corrected chi connectivity index (χ1v) is 13.5. The van der Waals surface area contributed by atoms with Gasteiger partial charge < -0.3 is 4.74 Å². The lowest BCUT2D eigenvalue weighted by atomic mass is 9.77. The van der Waals surface area contributed by atoms with Gasteiger partial charge in [0.15, 0.2) is 0 Å². The van der Waals surface area contributed by atoms with Crippen molar-refractivity contribution in [1.29, 1.82) is 0 Å². The molecule has 1 aromatic heterocycles. The van der Waals surface area contributed by atoms with E-state index >= 15 is 0 Å². The van der Waals surface area contributed by atoms with Crippen molar-refractivity contribution in [2.24, 2.45) is 11.8 Å². The molecule has 1 aliphatic rings. The summed E-state index contributed by atoms with van der Waals surface area (Å²) >= 11 is 0. The molecule has 3 rings (SSSR count). The van der Waals surface area contributed by atoms with Crippen LogP contribution in [0.15, 0.2) is 42.6 Å². The Morgan fingerprint density at radius 1 is 0.812 bits per heavy atom. The molecule has 0 spiro atoms. The van der Waals surface area contributed by atoms with Crippen molar-refractivity contribution in [2.75, 3.05) is 6.61 Å². The molecule has 0 N–H and O–H groups in total. The Morgan fingerprint density at radius 3 is 2.28 bits per heavy atom. The van der Waals surface area contributed by atoms with E-state index in [2.05, 4.69) is 55.2 Å². The highest BCUT2D eigenvalue weighted by Gasteiger charge is 2.21. The summed E-state index contributed by atoms with van der Waals surface area (Å²) in [5.41, 5.74) is 3.68. The second kappa shape index (κ2) is 14.3. The first-order valence-electron chi connectivity index (χ1n) is 13.5. The third-order valence-corrected chi connectivity index (χ3v) is 7.20. The molecular formula is C30H45NO. The summed E-state index contributed by atoms with van der Waals surface area (Å²) in [4.78, 5) is 4.63. The molecular weight excluding hydrogens is 390 g/mol. The maximum Gasteiger partial charge on any atom is 0.137 e. The van der Waals surface area contributed by atoms with Gasteiger partial charge in [0.05, 0.1) is 18.5 Å². The highest BCUT2D eigenvalue weighted by Crippen LogP contribution is 2.35. The fraction of sp³-hybridized carbons (Fsp3) is 0.633. The van der Waals surface area contributed by atoms with Crippen molar-refractivity contribution in [2.45, 2.75) is 104 Å². The van der Waals surface area contributed by atoms with Crippen LogP contribution in [0.25, 0.3) is 11.3 Å². The number of hydrogen-bond acceptors (Lipinski definition) is 2. The summed E-state index contributed by atoms with van der Waals surface area (Å²) in [5.74, 6) is 2.81. The maximum absolute atomic E-state index is 5.82. The summed E-state index contributed by atoms with van der Waals surface area (Å²) in [6.45, 7) is 5.33. The molecule has 2 heteroatoms. The van der Waals surface area contributed by atoms with Gasteiger partial charge in [0.25, 0.3) is 0 Å². The van der Waals surface area contributed by atoms with Crippen molar-refractivity contribution in [3.8, 4) is 17.0 Å². The molecule has 32 heavy (non-hydrogen) atoms. The second-order valence-electron chi connectivity index (χ2n) is 9.92. The van der Waals surface area contributed by atoms with Crippen molar-refractivity contribution < 1.29 is 4.74 Å². The van der Waals surface area contributed by atoms with Crippen LogP contribution in [0.1, 0.15) is 103 Å². The van der Waals surface area contributed by atoms with E-state index in [0.29, 0.717) is 0 Å². The minimum absolute atomic E-state index is 0.788. The Morgan fingerprint density at radius 2 is 1.56 bits per heavy atom. The molecule has 0 saturated heterocycles. The average molecular weight is 436 g/mol. The Kier molecular flexibility index (Phi) is 11.1. The zero-order chi connectivity index (χ0) is 22.4. The molecule has 0 radical (unpaired) electrons. The number of benzene rings is 1. The Hall–Kier alpha value is -1.83. The monoisotopic (exact) mass is 435 g/mol. The van der Waals surface area contributed by atoms with Crippen LogP contribution in [0.3, 0.4) is 0 Å². The zero-order valence-electron chi connectivity index (χ0n) is 20.7. The van der Waals surface area contributed by atoms with E-state index in [1.54, 1.807) is 0 Å². The van der Waals surface area contributed by atoms with Crippen LogP contribution in [0.5, 0.6) is 5.75 Å². The van der Waals surface area contributed by atoms with Crippen LogP contribution >= 0.6 is 0 Å². The Bertz CT molecular complexity index is 736. The van der Waals surface area contributed by atoms with Gasteiger partial charge in [-0.15, -0.1) is 0 Å². The molecule has 0 amide bonds. The third kappa shape index (κ3) is 8.60. The van der Waals surface area contributed by atoms with Gasteiger partial charge in [-0.25, -0.2) is 0 Å². The van der Waals surface area contributed by atoms with Crippen molar-refractivity contribution in [3.63, 3.8) is 0 Å². The summed E-state index contributed by atoms with van der Waals surface area (Å²) in [6.07, 6.45) is 20.9. The van der Waals surface area contributed by atoms with E-state index in [9.17, 15) is 0 Å². The van der Waals surface area contributed by atoms with Crippen LogP contribution in [0.2, 0.25) is 0 Å². The van der Waals surface area contributed by atoms with Gasteiger partial charge in [-0.2, -0.15) is 0 Å². The standard InChI is InChI=1S/C30H45NO/c1-3-5-7-9-22-32-29-20-21-30(31-24-29)28-18-16-25(17-19-28)14-15-27-13-10-12-26(23-27)11-8-6-4-2/h16-21,24,26-27H,3-15,22-23H2,1-2H3. The fourth-order valence-electron chi connectivity index (χ4n) is 5.18. The van der Waals surface area contributed by atoms with E-state index in [-0.39, 0.29) is 0 Å². The lowest BCUT2D eigenvalue weighted by Gasteiger charge is -2.29. The molecule has 0 aliphatic heterocycles. The van der Waals surface area contributed by atoms with Crippen molar-refractivity contribution in [1.82, 2.24) is 4.98 Å². The summed E-state index contributed by atoms with van der Waals surface area (Å²) < 4.78 is 5.82. The van der Waals surface area contributed by atoms with Crippen molar-refractivity contribution >= 4 is 0 Å². The molecule has 1 heterocycles. The molecule has 1 saturated carbocycles. The van der Waals surface area contributed by atoms with Crippen LogP contribution in [-0.4, -0.2) is 11.6 Å². The van der Waals surface area contributed by atoms with E-state index in [1.807, 2.05) is 6.20 Å². The zero-order valence-corrected chi connectivity index (χ0v) is 20.7. The number of hydrogen-bond donors (Lipinski definition) is 0. The Balaban J connectivity index is 1.41. The van der Waals surface area contributed by atoms with Gasteiger partial charge in [-0.1, -0.05) is 102 Å². The lowest BCUT2D eigenvalue weighted by molar-refractivity contribution is 0.240. The molecule has 1 aliphatic carbocycles. The molecule has 2 unspecified atom stereocenters. The number of pyridine rings is 1. The van der Waals surface area contributed by atoms with Gasteiger partial charge in [-0.3, -0.25) is 4.98 Å². The number of nitrogens with zero attached hydrogens (tertiary/aromatic N) is 1. The van der Waals surface area contributed by atoms with E-state index in [1.165, 1.54) is 94.6 Å². The average Bonchev–Trinajstić information content (AvgIpc) is 2.84. The third-order valence-electron chi connectivity index (χ3n) is 7.20. The first kappa shape index (κ1) is 24.8. The minimum Gasteiger partial charge on any atom is -0.492 e. The predicted octanol–water partition coefficient (Wildman–Crippen LogP) is 9.03. The molecule has 1 fully saturated rings. The van der Waals surface area contributed by atoms with Gasteiger partial charge in [-0.05, 0) is 55.2 Å². The Labute approximate surface area is 197 Å². The number of rotatable bonds is 14. The largest absolute Gasteiger partial charge is 0.492 e. The molecule has 1 aromatic carbocycles. The molecule has 0 bridgehead atoms. The van der Waals surface area contributed by atoms with Crippen molar-refractivity contribution in [3.05, 3.63) is 48.2 Å². The maximum atomic E-state index is 5.82. The number of ether oxygens (including phenoxy) is 1. The van der Waals surface area contributed by atoms with E-state index in [4.69, 9.17) is 4.74 Å². The minimum atomic E-state index is 0.788. The number of aromatic nitrogens is 1. The number of unbranched alkanes of at least 4 members (excludes halogenated alkanes) is 5. The summed E-state index contributed by atoms with van der Waals surface area (Å²) in [7, 11) is 0. The van der Waals surface area contributed by atoms with E-state index in [0.717, 1.165) is 36.3 Å². The summed E-state index contributed by atoms with van der Waals surface area (Å²) in [6, 6.07) is 13.2. The van der Waals surface area contributed by atoms with Crippen LogP contribution in [0.4, 0.5) is 0 Å². The van der Waals surface area contributed by atoms with Gasteiger partial charge >= 0.3 is 0 Å². The van der Waals surface area contributed by atoms with Gasteiger partial charge in [0, 0.05) is 5.56 Å². The second-order valence-corrected chi connectivity index (χ2v) is 9.92. The van der Waals surface area contributed by atoms with E-state index < -0.39 is 0 Å². The molecule has 2 nitrogen and oxygen atoms in total. The molecule has 2 atom stereocenters. The fourth-order valence-corrected chi connectivity index (χ4v) is 5.18. The van der Waals surface area contributed by atoms with Crippen LogP contribution in [0, 0.1) is 11.8 Å². The number of aryl methyl sites for hydroxylation is 1. The highest BCUT2D eigenvalue weighted by molar-refractivity contribution is 5.59. The summed E-state index contributed by atoms with van der Waals surface area (Å²) in [5, 5.41) is 0.